The van der Waals surface area contributed by atoms with Crippen molar-refractivity contribution in [3.05, 3.63) is 44.7 Å². The minimum atomic E-state index is -0.196. The number of aromatic amines is 1. The van der Waals surface area contributed by atoms with E-state index < -0.39 is 0 Å². The van der Waals surface area contributed by atoms with Crippen molar-refractivity contribution in [3.63, 3.8) is 0 Å². The Balaban J connectivity index is 3.03. The zero-order chi connectivity index (χ0) is 9.42. The van der Waals surface area contributed by atoms with Crippen molar-refractivity contribution in [1.82, 2.24) is 4.98 Å². The minimum absolute atomic E-state index is 0.176. The predicted molar refractivity (Wildman–Crippen MR) is 54.6 cm³/mol. The van der Waals surface area contributed by atoms with E-state index in [1.165, 1.54) is 6.20 Å². The van der Waals surface area contributed by atoms with Crippen LogP contribution >= 0.6 is 23.2 Å². The lowest BCUT2D eigenvalue weighted by molar-refractivity contribution is 1.39. The van der Waals surface area contributed by atoms with E-state index in [-0.39, 0.29) is 10.5 Å². The van der Waals surface area contributed by atoms with E-state index in [0.29, 0.717) is 15.9 Å². The second kappa shape index (κ2) is 3.05. The van der Waals surface area contributed by atoms with Gasteiger partial charge >= 0.3 is 0 Å². The molecular weight excluding hydrogens is 209 g/mol. The molecule has 13 heavy (non-hydrogen) atoms. The van der Waals surface area contributed by atoms with Crippen LogP contribution in [0, 0.1) is 0 Å². The third-order valence-corrected chi connectivity index (χ3v) is 2.41. The molecule has 0 bridgehead atoms. The fourth-order valence-electron chi connectivity index (χ4n) is 1.19. The molecule has 0 spiro atoms. The summed E-state index contributed by atoms with van der Waals surface area (Å²) in [6, 6.07) is 5.12. The summed E-state index contributed by atoms with van der Waals surface area (Å²) in [6.45, 7) is 0. The van der Waals surface area contributed by atoms with Gasteiger partial charge in [-0.15, -0.1) is 0 Å². The van der Waals surface area contributed by atoms with Crippen molar-refractivity contribution in [2.45, 2.75) is 0 Å². The fraction of sp³-hybridized carbons (Fsp3) is 0. The maximum atomic E-state index is 11.5. The Kier molecular flexibility index (Phi) is 2.02. The molecule has 1 aromatic heterocycles. The van der Waals surface area contributed by atoms with Gasteiger partial charge in [-0.3, -0.25) is 4.79 Å². The van der Waals surface area contributed by atoms with Crippen LogP contribution in [0.1, 0.15) is 0 Å². The maximum Gasteiger partial charge on any atom is 0.207 e. The lowest BCUT2D eigenvalue weighted by atomic mass is 10.2. The van der Waals surface area contributed by atoms with E-state index >= 15 is 0 Å². The average Bonchev–Trinajstić information content (AvgIpc) is 2.12. The number of para-hydroxylation sites is 1. The summed E-state index contributed by atoms with van der Waals surface area (Å²) < 4.78 is 0. The second-order valence-electron chi connectivity index (χ2n) is 2.63. The van der Waals surface area contributed by atoms with Crippen molar-refractivity contribution in [1.29, 1.82) is 0 Å². The topological polar surface area (TPSA) is 32.9 Å². The van der Waals surface area contributed by atoms with Gasteiger partial charge in [0.05, 0.1) is 10.5 Å². The van der Waals surface area contributed by atoms with Crippen LogP contribution in [-0.4, -0.2) is 4.98 Å². The van der Waals surface area contributed by atoms with Gasteiger partial charge < -0.3 is 4.98 Å². The lowest BCUT2D eigenvalue weighted by Gasteiger charge is -1.99. The summed E-state index contributed by atoms with van der Waals surface area (Å²) in [5.41, 5.74) is 0.427. The molecule has 1 heterocycles. The molecule has 0 aliphatic carbocycles. The van der Waals surface area contributed by atoms with E-state index in [9.17, 15) is 4.79 Å². The molecule has 0 fully saturated rings. The zero-order valence-electron chi connectivity index (χ0n) is 6.47. The molecule has 0 saturated carbocycles. The van der Waals surface area contributed by atoms with E-state index in [0.717, 1.165) is 0 Å². The van der Waals surface area contributed by atoms with Crippen molar-refractivity contribution >= 4 is 34.1 Å². The number of pyridine rings is 1. The van der Waals surface area contributed by atoms with Crippen molar-refractivity contribution < 1.29 is 0 Å². The van der Waals surface area contributed by atoms with Crippen LogP contribution in [0.15, 0.2) is 29.2 Å². The standard InChI is InChI=1S/C9H5Cl2NO/c10-6-3-1-2-5-8(6)12-4-7(11)9(5)13/h1-4H,(H,12,13). The Labute approximate surface area is 84.1 Å². The van der Waals surface area contributed by atoms with Crippen LogP contribution in [0.5, 0.6) is 0 Å². The Morgan fingerprint density at radius 3 is 2.69 bits per heavy atom. The van der Waals surface area contributed by atoms with Gasteiger partial charge in [0, 0.05) is 11.6 Å². The highest BCUT2D eigenvalue weighted by molar-refractivity contribution is 6.35. The highest BCUT2D eigenvalue weighted by Crippen LogP contribution is 2.19. The first-order chi connectivity index (χ1) is 6.20. The van der Waals surface area contributed by atoms with Gasteiger partial charge in [-0.25, -0.2) is 0 Å². The van der Waals surface area contributed by atoms with Gasteiger partial charge in [-0.05, 0) is 12.1 Å². The van der Waals surface area contributed by atoms with Gasteiger partial charge in [-0.2, -0.15) is 0 Å². The summed E-state index contributed by atoms with van der Waals surface area (Å²) in [5.74, 6) is 0. The number of hydrogen-bond donors (Lipinski definition) is 1. The molecule has 0 radical (unpaired) electrons. The third kappa shape index (κ3) is 1.32. The number of hydrogen-bond acceptors (Lipinski definition) is 1. The van der Waals surface area contributed by atoms with Crippen LogP contribution in [0.25, 0.3) is 10.9 Å². The van der Waals surface area contributed by atoms with Crippen LogP contribution in [-0.2, 0) is 0 Å². The van der Waals surface area contributed by atoms with E-state index in [2.05, 4.69) is 4.98 Å². The van der Waals surface area contributed by atoms with Crippen molar-refractivity contribution in [2.24, 2.45) is 0 Å². The van der Waals surface area contributed by atoms with Crippen LogP contribution in [0.2, 0.25) is 10.0 Å². The Hall–Kier alpha value is -0.990. The van der Waals surface area contributed by atoms with Crippen LogP contribution in [0.4, 0.5) is 0 Å². The molecule has 66 valence electrons. The molecule has 0 aliphatic heterocycles. The number of aromatic nitrogens is 1. The maximum absolute atomic E-state index is 11.5. The van der Waals surface area contributed by atoms with Crippen molar-refractivity contribution in [3.8, 4) is 0 Å². The number of benzene rings is 1. The molecule has 2 aromatic rings. The summed E-state index contributed by atoms with van der Waals surface area (Å²) in [6.07, 6.45) is 1.44. The third-order valence-electron chi connectivity index (χ3n) is 1.82. The lowest BCUT2D eigenvalue weighted by Crippen LogP contribution is -2.02. The molecular formula is C9H5Cl2NO. The summed E-state index contributed by atoms with van der Waals surface area (Å²) in [5, 5.41) is 1.21. The van der Waals surface area contributed by atoms with Crippen LogP contribution < -0.4 is 5.43 Å². The monoisotopic (exact) mass is 213 g/mol. The molecule has 1 N–H and O–H groups in total. The summed E-state index contributed by atoms with van der Waals surface area (Å²) in [4.78, 5) is 14.3. The smallest absolute Gasteiger partial charge is 0.207 e. The minimum Gasteiger partial charge on any atom is -0.358 e. The molecule has 4 heteroatoms. The molecule has 2 rings (SSSR count). The molecule has 0 atom stereocenters. The number of halogens is 2. The zero-order valence-corrected chi connectivity index (χ0v) is 7.99. The van der Waals surface area contributed by atoms with Crippen LogP contribution in [0.3, 0.4) is 0 Å². The molecule has 0 saturated heterocycles. The highest BCUT2D eigenvalue weighted by Gasteiger charge is 2.04. The highest BCUT2D eigenvalue weighted by atomic mass is 35.5. The first-order valence-electron chi connectivity index (χ1n) is 3.65. The number of nitrogens with one attached hydrogen (secondary N) is 1. The fourth-order valence-corrected chi connectivity index (χ4v) is 1.58. The van der Waals surface area contributed by atoms with E-state index in [4.69, 9.17) is 23.2 Å². The summed E-state index contributed by atoms with van der Waals surface area (Å²) in [7, 11) is 0. The number of fused-ring (bicyclic) bond motifs is 1. The second-order valence-corrected chi connectivity index (χ2v) is 3.44. The number of rotatable bonds is 0. The van der Waals surface area contributed by atoms with Gasteiger partial charge in [0.2, 0.25) is 5.43 Å². The van der Waals surface area contributed by atoms with Gasteiger partial charge in [0.15, 0.2) is 0 Å². The first-order valence-corrected chi connectivity index (χ1v) is 4.41. The Morgan fingerprint density at radius 1 is 1.15 bits per heavy atom. The number of H-pyrrole nitrogens is 1. The molecule has 2 nitrogen and oxygen atoms in total. The van der Waals surface area contributed by atoms with Gasteiger partial charge in [0.1, 0.15) is 5.02 Å². The first kappa shape index (κ1) is 8.60. The van der Waals surface area contributed by atoms with E-state index in [1.54, 1.807) is 18.2 Å². The molecule has 0 aliphatic rings. The Morgan fingerprint density at radius 2 is 1.92 bits per heavy atom. The molecule has 1 aromatic carbocycles. The van der Waals surface area contributed by atoms with Gasteiger partial charge in [-0.1, -0.05) is 29.3 Å². The quantitative estimate of drug-likeness (QED) is 0.718. The van der Waals surface area contributed by atoms with E-state index in [1.807, 2.05) is 0 Å². The normalized spacial score (nSPS) is 10.6. The predicted octanol–water partition coefficient (Wildman–Crippen LogP) is 2.83. The van der Waals surface area contributed by atoms with Crippen molar-refractivity contribution in [2.75, 3.05) is 0 Å². The Bertz CT molecular complexity index is 518. The molecule has 0 amide bonds. The summed E-state index contributed by atoms with van der Waals surface area (Å²) >= 11 is 11.5. The largest absolute Gasteiger partial charge is 0.358 e. The average molecular weight is 214 g/mol. The molecule has 0 unspecified atom stereocenters. The van der Waals surface area contributed by atoms with Gasteiger partial charge in [0.25, 0.3) is 0 Å². The SMILES string of the molecule is O=c1c(Cl)c[nH]c2c(Cl)cccc12.